The third-order valence-corrected chi connectivity index (χ3v) is 2.18. The molecule has 0 aliphatic rings. The summed E-state index contributed by atoms with van der Waals surface area (Å²) in [4.78, 5) is 11.7. The number of carbonyl (C=O) groups is 1. The molecule has 0 bridgehead atoms. The van der Waals surface area contributed by atoms with Gasteiger partial charge in [-0.25, -0.2) is 0 Å². The van der Waals surface area contributed by atoms with Crippen LogP contribution in [0.3, 0.4) is 0 Å². The molecule has 2 N–H and O–H groups in total. The summed E-state index contributed by atoms with van der Waals surface area (Å²) in [5.41, 5.74) is 1.99. The second-order valence-corrected chi connectivity index (χ2v) is 3.52. The first-order valence-corrected chi connectivity index (χ1v) is 4.87. The predicted octanol–water partition coefficient (Wildman–Crippen LogP) is 0.945. The lowest BCUT2D eigenvalue weighted by atomic mass is 10.2. The van der Waals surface area contributed by atoms with E-state index >= 15 is 0 Å². The molecule has 2 aromatic heterocycles. The number of nitrogens with one attached hydrogen (secondary N) is 2. The molecule has 0 aromatic carbocycles. The Balaban J connectivity index is 1.96. The molecule has 0 aliphatic heterocycles. The first kappa shape index (κ1) is 10.4. The highest BCUT2D eigenvalue weighted by Gasteiger charge is 2.10. The summed E-state index contributed by atoms with van der Waals surface area (Å²) < 4.78 is 4.89. The molecular formula is C10H12N4O2. The first-order valence-electron chi connectivity index (χ1n) is 4.87. The van der Waals surface area contributed by atoms with Crippen LogP contribution in [-0.2, 0) is 6.54 Å². The first-order chi connectivity index (χ1) is 7.66. The van der Waals surface area contributed by atoms with E-state index in [9.17, 15) is 4.79 Å². The standard InChI is InChI=1S/C10H12N4O2/c1-6-3-8(14-16-6)4-11-10(15)9-5-12-13-7(9)2/h3,5H,4H2,1-2H3,(H,11,15)(H,12,13). The minimum Gasteiger partial charge on any atom is -0.361 e. The number of carbonyl (C=O) groups excluding carboxylic acids is 1. The van der Waals surface area contributed by atoms with Gasteiger partial charge in [0.25, 0.3) is 5.91 Å². The molecule has 0 fully saturated rings. The Hall–Kier alpha value is -2.11. The van der Waals surface area contributed by atoms with E-state index < -0.39 is 0 Å². The zero-order chi connectivity index (χ0) is 11.5. The van der Waals surface area contributed by atoms with Crippen LogP contribution in [0.1, 0.15) is 27.5 Å². The Morgan fingerprint density at radius 2 is 2.38 bits per heavy atom. The average Bonchev–Trinajstić information content (AvgIpc) is 2.84. The van der Waals surface area contributed by atoms with Gasteiger partial charge in [0.05, 0.1) is 18.3 Å². The minimum absolute atomic E-state index is 0.174. The molecule has 0 saturated carbocycles. The van der Waals surface area contributed by atoms with E-state index in [1.807, 2.05) is 0 Å². The number of aromatic nitrogens is 3. The van der Waals surface area contributed by atoms with Gasteiger partial charge >= 0.3 is 0 Å². The topological polar surface area (TPSA) is 83.8 Å². The quantitative estimate of drug-likeness (QED) is 0.806. The number of nitrogens with zero attached hydrogens (tertiary/aromatic N) is 2. The maximum absolute atomic E-state index is 11.7. The fourth-order valence-electron chi connectivity index (χ4n) is 1.35. The minimum atomic E-state index is -0.174. The van der Waals surface area contributed by atoms with Crippen molar-refractivity contribution in [2.75, 3.05) is 0 Å². The largest absolute Gasteiger partial charge is 0.361 e. The molecule has 0 spiro atoms. The monoisotopic (exact) mass is 220 g/mol. The molecule has 0 radical (unpaired) electrons. The molecule has 0 atom stereocenters. The second-order valence-electron chi connectivity index (χ2n) is 3.52. The van der Waals surface area contributed by atoms with E-state index in [4.69, 9.17) is 4.52 Å². The lowest BCUT2D eigenvalue weighted by molar-refractivity contribution is 0.0949. The lowest BCUT2D eigenvalue weighted by Gasteiger charge is -2.00. The Bertz CT molecular complexity index is 500. The van der Waals surface area contributed by atoms with Crippen molar-refractivity contribution < 1.29 is 9.32 Å². The Kier molecular flexibility index (Phi) is 2.72. The zero-order valence-corrected chi connectivity index (χ0v) is 9.07. The molecule has 16 heavy (non-hydrogen) atoms. The van der Waals surface area contributed by atoms with Gasteiger partial charge in [0, 0.05) is 11.8 Å². The highest BCUT2D eigenvalue weighted by Crippen LogP contribution is 2.04. The van der Waals surface area contributed by atoms with Crippen molar-refractivity contribution in [3.63, 3.8) is 0 Å². The number of rotatable bonds is 3. The fraction of sp³-hybridized carbons (Fsp3) is 0.300. The summed E-state index contributed by atoms with van der Waals surface area (Å²) in [6.45, 7) is 3.95. The molecule has 0 saturated heterocycles. The van der Waals surface area contributed by atoms with E-state index in [1.54, 1.807) is 19.9 Å². The van der Waals surface area contributed by atoms with Crippen LogP contribution in [0, 0.1) is 13.8 Å². The summed E-state index contributed by atoms with van der Waals surface area (Å²) >= 11 is 0. The van der Waals surface area contributed by atoms with Crippen LogP contribution >= 0.6 is 0 Å². The molecule has 2 rings (SSSR count). The Labute approximate surface area is 92.0 Å². The van der Waals surface area contributed by atoms with Gasteiger partial charge in [0.2, 0.25) is 0 Å². The maximum Gasteiger partial charge on any atom is 0.255 e. The third-order valence-electron chi connectivity index (χ3n) is 2.18. The SMILES string of the molecule is Cc1cc(CNC(=O)c2cn[nH]c2C)no1. The summed E-state index contributed by atoms with van der Waals surface area (Å²) in [6.07, 6.45) is 1.50. The fourth-order valence-corrected chi connectivity index (χ4v) is 1.35. The number of amides is 1. The van der Waals surface area contributed by atoms with Gasteiger partial charge < -0.3 is 9.84 Å². The van der Waals surface area contributed by atoms with Crippen LogP contribution < -0.4 is 5.32 Å². The maximum atomic E-state index is 11.7. The van der Waals surface area contributed by atoms with Crippen molar-refractivity contribution >= 4 is 5.91 Å². The Morgan fingerprint density at radius 3 is 2.94 bits per heavy atom. The number of aryl methyl sites for hydroxylation is 2. The number of hydrogen-bond acceptors (Lipinski definition) is 4. The highest BCUT2D eigenvalue weighted by molar-refractivity contribution is 5.94. The smallest absolute Gasteiger partial charge is 0.255 e. The molecule has 0 aliphatic carbocycles. The zero-order valence-electron chi connectivity index (χ0n) is 9.07. The summed E-state index contributed by atoms with van der Waals surface area (Å²) in [6, 6.07) is 1.78. The second kappa shape index (κ2) is 4.18. The van der Waals surface area contributed by atoms with E-state index in [-0.39, 0.29) is 5.91 Å². The molecule has 2 heterocycles. The molecule has 2 aromatic rings. The highest BCUT2D eigenvalue weighted by atomic mass is 16.5. The van der Waals surface area contributed by atoms with Crippen LogP contribution in [0.5, 0.6) is 0 Å². The van der Waals surface area contributed by atoms with E-state index in [2.05, 4.69) is 20.7 Å². The average molecular weight is 220 g/mol. The summed E-state index contributed by atoms with van der Waals surface area (Å²) in [7, 11) is 0. The van der Waals surface area contributed by atoms with Gasteiger partial charge in [-0.3, -0.25) is 9.89 Å². The molecule has 84 valence electrons. The van der Waals surface area contributed by atoms with Crippen LogP contribution in [0.15, 0.2) is 16.8 Å². The Morgan fingerprint density at radius 1 is 1.56 bits per heavy atom. The number of hydrogen-bond donors (Lipinski definition) is 2. The predicted molar refractivity (Wildman–Crippen MR) is 55.7 cm³/mol. The summed E-state index contributed by atoms with van der Waals surface area (Å²) in [5, 5.41) is 13.0. The van der Waals surface area contributed by atoms with Crippen molar-refractivity contribution in [2.45, 2.75) is 20.4 Å². The van der Waals surface area contributed by atoms with Crippen molar-refractivity contribution in [2.24, 2.45) is 0 Å². The molecular weight excluding hydrogens is 208 g/mol. The molecule has 0 unspecified atom stereocenters. The van der Waals surface area contributed by atoms with E-state index in [0.717, 1.165) is 11.5 Å². The third kappa shape index (κ3) is 2.10. The van der Waals surface area contributed by atoms with Crippen LogP contribution in [0.2, 0.25) is 0 Å². The van der Waals surface area contributed by atoms with Gasteiger partial charge in [-0.1, -0.05) is 5.16 Å². The van der Waals surface area contributed by atoms with Gasteiger partial charge in [-0.2, -0.15) is 5.10 Å². The lowest BCUT2D eigenvalue weighted by Crippen LogP contribution is -2.23. The van der Waals surface area contributed by atoms with Crippen molar-refractivity contribution in [1.29, 1.82) is 0 Å². The number of aromatic amines is 1. The van der Waals surface area contributed by atoms with Crippen LogP contribution in [0.4, 0.5) is 0 Å². The van der Waals surface area contributed by atoms with E-state index in [1.165, 1.54) is 6.20 Å². The van der Waals surface area contributed by atoms with Crippen molar-refractivity contribution in [1.82, 2.24) is 20.7 Å². The normalized spacial score (nSPS) is 10.4. The van der Waals surface area contributed by atoms with Crippen LogP contribution in [0.25, 0.3) is 0 Å². The van der Waals surface area contributed by atoms with Gasteiger partial charge in [0.15, 0.2) is 0 Å². The van der Waals surface area contributed by atoms with Crippen molar-refractivity contribution in [3.05, 3.63) is 35.0 Å². The van der Waals surface area contributed by atoms with Gasteiger partial charge in [-0.15, -0.1) is 0 Å². The van der Waals surface area contributed by atoms with Gasteiger partial charge in [-0.05, 0) is 13.8 Å². The van der Waals surface area contributed by atoms with Gasteiger partial charge in [0.1, 0.15) is 11.5 Å². The summed E-state index contributed by atoms with van der Waals surface area (Å²) in [5.74, 6) is 0.552. The van der Waals surface area contributed by atoms with Crippen LogP contribution in [-0.4, -0.2) is 21.3 Å². The molecule has 6 nitrogen and oxygen atoms in total. The molecule has 1 amide bonds. The number of H-pyrrole nitrogens is 1. The van der Waals surface area contributed by atoms with E-state index in [0.29, 0.717) is 17.8 Å². The molecule has 6 heteroatoms. The van der Waals surface area contributed by atoms with Crippen molar-refractivity contribution in [3.8, 4) is 0 Å².